The lowest BCUT2D eigenvalue weighted by Gasteiger charge is -2.24. The molecule has 0 aromatic heterocycles. The van der Waals surface area contributed by atoms with E-state index >= 15 is 0 Å². The molecular formula is C17H35Cl2N3O. The molecule has 1 aliphatic carbocycles. The van der Waals surface area contributed by atoms with Crippen molar-refractivity contribution in [2.45, 2.75) is 64.0 Å². The van der Waals surface area contributed by atoms with Gasteiger partial charge >= 0.3 is 0 Å². The zero-order valence-corrected chi connectivity index (χ0v) is 16.6. The molecule has 1 aliphatic heterocycles. The molecule has 1 heterocycles. The van der Waals surface area contributed by atoms with E-state index in [1.807, 2.05) is 0 Å². The molecule has 0 aromatic rings. The molecule has 0 spiro atoms. The molecule has 0 aromatic carbocycles. The largest absolute Gasteiger partial charge is 0.353 e. The summed E-state index contributed by atoms with van der Waals surface area (Å²) in [5, 5.41) is 3.20. The maximum absolute atomic E-state index is 12.0. The van der Waals surface area contributed by atoms with Crippen LogP contribution in [0.5, 0.6) is 0 Å². The van der Waals surface area contributed by atoms with Crippen LogP contribution in [0.25, 0.3) is 0 Å². The van der Waals surface area contributed by atoms with Gasteiger partial charge in [-0.05, 0) is 39.3 Å². The van der Waals surface area contributed by atoms with Gasteiger partial charge in [0.25, 0.3) is 0 Å². The fourth-order valence-corrected chi connectivity index (χ4v) is 3.99. The van der Waals surface area contributed by atoms with Crippen LogP contribution in [0.4, 0.5) is 0 Å². The minimum atomic E-state index is 0. The molecule has 0 bridgehead atoms. The van der Waals surface area contributed by atoms with E-state index in [2.05, 4.69) is 36.1 Å². The first kappa shape index (κ1) is 23.0. The van der Waals surface area contributed by atoms with E-state index in [4.69, 9.17) is 0 Å². The van der Waals surface area contributed by atoms with Crippen molar-refractivity contribution in [3.63, 3.8) is 0 Å². The number of carbonyl (C=O) groups is 1. The number of hydrogen-bond acceptors (Lipinski definition) is 3. The van der Waals surface area contributed by atoms with Crippen LogP contribution >= 0.6 is 24.8 Å². The van der Waals surface area contributed by atoms with E-state index in [0.29, 0.717) is 18.5 Å². The second-order valence-electron chi connectivity index (χ2n) is 7.14. The fourth-order valence-electron chi connectivity index (χ4n) is 3.99. The monoisotopic (exact) mass is 367 g/mol. The topological polar surface area (TPSA) is 35.6 Å². The van der Waals surface area contributed by atoms with Gasteiger partial charge in [0.15, 0.2) is 0 Å². The number of halogens is 2. The number of nitrogens with one attached hydrogen (secondary N) is 1. The van der Waals surface area contributed by atoms with Crippen LogP contribution in [-0.2, 0) is 4.79 Å². The van der Waals surface area contributed by atoms with Crippen molar-refractivity contribution < 1.29 is 4.79 Å². The third kappa shape index (κ3) is 7.16. The summed E-state index contributed by atoms with van der Waals surface area (Å²) >= 11 is 0. The predicted octanol–water partition coefficient (Wildman–Crippen LogP) is 2.94. The molecule has 23 heavy (non-hydrogen) atoms. The molecule has 2 atom stereocenters. The highest BCUT2D eigenvalue weighted by Crippen LogP contribution is 2.25. The minimum absolute atomic E-state index is 0. The Bertz CT molecular complexity index is 336. The lowest BCUT2D eigenvalue weighted by molar-refractivity contribution is -0.122. The van der Waals surface area contributed by atoms with Crippen LogP contribution in [-0.4, -0.2) is 61.5 Å². The van der Waals surface area contributed by atoms with Crippen LogP contribution in [0.15, 0.2) is 0 Å². The van der Waals surface area contributed by atoms with E-state index in [9.17, 15) is 4.79 Å². The lowest BCUT2D eigenvalue weighted by Crippen LogP contribution is -2.37. The smallest absolute Gasteiger partial charge is 0.221 e. The van der Waals surface area contributed by atoms with Crippen LogP contribution in [0.3, 0.4) is 0 Å². The highest BCUT2D eigenvalue weighted by atomic mass is 35.5. The predicted molar refractivity (Wildman–Crippen MR) is 102 cm³/mol. The molecule has 0 unspecified atom stereocenters. The maximum Gasteiger partial charge on any atom is 0.221 e. The van der Waals surface area contributed by atoms with Crippen molar-refractivity contribution in [2.75, 3.05) is 33.7 Å². The number of nitrogens with zero attached hydrogens (tertiary/aromatic N) is 2. The number of carbonyl (C=O) groups excluding carboxylic acids is 1. The van der Waals surface area contributed by atoms with Crippen LogP contribution in [0, 0.1) is 5.92 Å². The summed E-state index contributed by atoms with van der Waals surface area (Å²) < 4.78 is 0. The Kier molecular flexibility index (Phi) is 11.5. The Labute approximate surface area is 154 Å². The van der Waals surface area contributed by atoms with Crippen molar-refractivity contribution in [1.29, 1.82) is 0 Å². The average Bonchev–Trinajstić information content (AvgIpc) is 3.06. The van der Waals surface area contributed by atoms with Crippen molar-refractivity contribution >= 4 is 30.7 Å². The van der Waals surface area contributed by atoms with Gasteiger partial charge in [-0.15, -0.1) is 24.8 Å². The zero-order chi connectivity index (χ0) is 15.2. The highest BCUT2D eigenvalue weighted by molar-refractivity contribution is 5.85. The van der Waals surface area contributed by atoms with Gasteiger partial charge in [-0.2, -0.15) is 0 Å². The van der Waals surface area contributed by atoms with Crippen LogP contribution in [0.2, 0.25) is 0 Å². The van der Waals surface area contributed by atoms with Gasteiger partial charge in [-0.1, -0.05) is 26.2 Å². The molecule has 2 aliphatic rings. The van der Waals surface area contributed by atoms with Gasteiger partial charge in [0.05, 0.1) is 0 Å². The molecule has 6 heteroatoms. The quantitative estimate of drug-likeness (QED) is 0.751. The Balaban J connectivity index is 0.00000242. The molecule has 138 valence electrons. The Morgan fingerprint density at radius 1 is 1.17 bits per heavy atom. The molecule has 1 amide bonds. The molecule has 0 radical (unpaired) electrons. The van der Waals surface area contributed by atoms with Crippen molar-refractivity contribution in [3.8, 4) is 0 Å². The molecule has 1 saturated carbocycles. The van der Waals surface area contributed by atoms with E-state index in [1.54, 1.807) is 0 Å². The number of rotatable bonds is 7. The summed E-state index contributed by atoms with van der Waals surface area (Å²) in [6.07, 6.45) is 8.13. The molecule has 2 fully saturated rings. The standard InChI is InChI=1S/C17H33N3O.2ClH/c1-4-7-14-12-20(13-16(14)19(2)3)11-10-17(21)18-15-8-5-6-9-15;;/h14-16H,4-13H2,1-3H3,(H,18,21);2*1H/t14-,16-;;/m0../s1. The lowest BCUT2D eigenvalue weighted by atomic mass is 9.98. The van der Waals surface area contributed by atoms with Crippen LogP contribution < -0.4 is 5.32 Å². The summed E-state index contributed by atoms with van der Waals surface area (Å²) in [6, 6.07) is 1.11. The molecule has 1 N–H and O–H groups in total. The number of amides is 1. The first-order chi connectivity index (χ1) is 10.1. The Morgan fingerprint density at radius 2 is 1.83 bits per heavy atom. The van der Waals surface area contributed by atoms with Crippen molar-refractivity contribution in [3.05, 3.63) is 0 Å². The normalized spacial score (nSPS) is 25.2. The third-order valence-corrected chi connectivity index (χ3v) is 5.18. The van der Waals surface area contributed by atoms with Crippen molar-refractivity contribution in [1.82, 2.24) is 15.1 Å². The molecular weight excluding hydrogens is 333 g/mol. The first-order valence-corrected chi connectivity index (χ1v) is 8.78. The van der Waals surface area contributed by atoms with Gasteiger partial charge in [-0.3, -0.25) is 4.79 Å². The third-order valence-electron chi connectivity index (χ3n) is 5.18. The summed E-state index contributed by atoms with van der Waals surface area (Å²) in [5.41, 5.74) is 0. The molecule has 1 saturated heterocycles. The number of likely N-dealkylation sites (N-methyl/N-ethyl adjacent to an activating group) is 1. The Morgan fingerprint density at radius 3 is 2.39 bits per heavy atom. The maximum atomic E-state index is 12.0. The second-order valence-corrected chi connectivity index (χ2v) is 7.14. The SMILES string of the molecule is CCC[C@H]1CN(CCC(=O)NC2CCCC2)C[C@@H]1N(C)C.Cl.Cl. The second kappa shape index (κ2) is 11.5. The average molecular weight is 368 g/mol. The minimum Gasteiger partial charge on any atom is -0.353 e. The summed E-state index contributed by atoms with van der Waals surface area (Å²) in [7, 11) is 4.37. The van der Waals surface area contributed by atoms with Crippen LogP contribution in [0.1, 0.15) is 51.9 Å². The van der Waals surface area contributed by atoms with Gasteiger partial charge in [-0.25, -0.2) is 0 Å². The van der Waals surface area contributed by atoms with Gasteiger partial charge in [0.2, 0.25) is 5.91 Å². The molecule has 4 nitrogen and oxygen atoms in total. The number of hydrogen-bond donors (Lipinski definition) is 1. The fraction of sp³-hybridized carbons (Fsp3) is 0.941. The van der Waals surface area contributed by atoms with E-state index in [0.717, 1.165) is 25.6 Å². The summed E-state index contributed by atoms with van der Waals surface area (Å²) in [6.45, 7) is 5.47. The Hall–Kier alpha value is -0.0300. The zero-order valence-electron chi connectivity index (χ0n) is 14.9. The summed E-state index contributed by atoms with van der Waals surface area (Å²) in [4.78, 5) is 16.9. The van der Waals surface area contributed by atoms with Gasteiger partial charge in [0.1, 0.15) is 0 Å². The summed E-state index contributed by atoms with van der Waals surface area (Å²) in [5.74, 6) is 1.02. The van der Waals surface area contributed by atoms with Crippen molar-refractivity contribution in [2.24, 2.45) is 5.92 Å². The van der Waals surface area contributed by atoms with Gasteiger partial charge in [0, 0.05) is 38.1 Å². The van der Waals surface area contributed by atoms with E-state index < -0.39 is 0 Å². The number of likely N-dealkylation sites (tertiary alicyclic amines) is 1. The van der Waals surface area contributed by atoms with E-state index in [-0.39, 0.29) is 30.7 Å². The highest BCUT2D eigenvalue weighted by Gasteiger charge is 2.33. The molecule has 2 rings (SSSR count). The first-order valence-electron chi connectivity index (χ1n) is 8.78. The van der Waals surface area contributed by atoms with E-state index in [1.165, 1.54) is 38.5 Å². The van der Waals surface area contributed by atoms with Gasteiger partial charge < -0.3 is 15.1 Å².